The lowest BCUT2D eigenvalue weighted by Gasteiger charge is -2.38. The Morgan fingerprint density at radius 2 is 1.92 bits per heavy atom. The van der Waals surface area contributed by atoms with Gasteiger partial charge in [0, 0.05) is 50.9 Å². The van der Waals surface area contributed by atoms with E-state index < -0.39 is 0 Å². The summed E-state index contributed by atoms with van der Waals surface area (Å²) in [4.78, 5) is 9.43. The number of anilines is 1. The Morgan fingerprint density at radius 1 is 1.19 bits per heavy atom. The first-order valence-corrected chi connectivity index (χ1v) is 14.6. The number of nitrogens with zero attached hydrogens (tertiary/aromatic N) is 3. The standard InChI is InChI=1S/C33H52N4/c1-9-31(26(5)17-24(2)3)35-20-29-15-16-33(32(19-29)34-7)37(22-28-13-11-10-12-14-28)23-30-18-25(4)27(6)36(8)21-30/h15-16,18-19,24,28,30-31,35H,5-7,9-14,17,20-23H2,1-4,8H3. The van der Waals surface area contributed by atoms with Gasteiger partial charge in [0.2, 0.25) is 0 Å². The number of hydrogen-bond acceptors (Lipinski definition) is 4. The Balaban J connectivity index is 1.79. The second-order valence-electron chi connectivity index (χ2n) is 11.9. The van der Waals surface area contributed by atoms with Crippen molar-refractivity contribution < 1.29 is 0 Å². The van der Waals surface area contributed by atoms with Crippen LogP contribution in [-0.4, -0.2) is 44.3 Å². The Hall–Kier alpha value is -2.33. The van der Waals surface area contributed by atoms with Gasteiger partial charge in [-0.25, -0.2) is 0 Å². The Labute approximate surface area is 227 Å². The van der Waals surface area contributed by atoms with Crippen molar-refractivity contribution >= 4 is 18.1 Å². The van der Waals surface area contributed by atoms with Crippen LogP contribution < -0.4 is 10.2 Å². The largest absolute Gasteiger partial charge is 0.374 e. The Bertz CT molecular complexity index is 953. The number of benzene rings is 1. The quantitative estimate of drug-likeness (QED) is 0.219. The first kappa shape index (κ1) is 29.2. The average Bonchev–Trinajstić information content (AvgIpc) is 2.87. The van der Waals surface area contributed by atoms with Gasteiger partial charge in [0.15, 0.2) is 0 Å². The maximum Gasteiger partial charge on any atom is 0.0859 e. The summed E-state index contributed by atoms with van der Waals surface area (Å²) in [5, 5.41) is 3.74. The van der Waals surface area contributed by atoms with Gasteiger partial charge < -0.3 is 15.1 Å². The third-order valence-corrected chi connectivity index (χ3v) is 8.24. The molecule has 0 spiro atoms. The molecule has 2 unspecified atom stereocenters. The Morgan fingerprint density at radius 3 is 2.54 bits per heavy atom. The molecule has 4 heteroatoms. The lowest BCUT2D eigenvalue weighted by atomic mass is 9.88. The molecule has 1 aromatic carbocycles. The molecule has 4 nitrogen and oxygen atoms in total. The van der Waals surface area contributed by atoms with E-state index in [9.17, 15) is 0 Å². The van der Waals surface area contributed by atoms with Crippen molar-refractivity contribution in [2.45, 2.75) is 85.2 Å². The summed E-state index contributed by atoms with van der Waals surface area (Å²) in [5.74, 6) is 1.86. The molecule has 2 aliphatic rings. The van der Waals surface area contributed by atoms with Gasteiger partial charge in [0.05, 0.1) is 11.4 Å². The van der Waals surface area contributed by atoms with E-state index in [4.69, 9.17) is 0 Å². The van der Waals surface area contributed by atoms with Crippen LogP contribution in [0.2, 0.25) is 0 Å². The maximum absolute atomic E-state index is 4.53. The van der Waals surface area contributed by atoms with Gasteiger partial charge in [-0.05, 0) is 74.4 Å². The molecule has 0 radical (unpaired) electrons. The second-order valence-corrected chi connectivity index (χ2v) is 11.9. The van der Waals surface area contributed by atoms with E-state index in [1.807, 2.05) is 0 Å². The summed E-state index contributed by atoms with van der Waals surface area (Å²) >= 11 is 0. The molecule has 1 aliphatic heterocycles. The molecule has 0 amide bonds. The summed E-state index contributed by atoms with van der Waals surface area (Å²) in [6.07, 6.45) is 11.3. The monoisotopic (exact) mass is 504 g/mol. The highest BCUT2D eigenvalue weighted by molar-refractivity contribution is 5.70. The number of rotatable bonds is 13. The molecule has 37 heavy (non-hydrogen) atoms. The van der Waals surface area contributed by atoms with Crippen molar-refractivity contribution in [2.24, 2.45) is 22.7 Å². The van der Waals surface area contributed by atoms with Gasteiger partial charge in [0.1, 0.15) is 0 Å². The fraction of sp³-hybridized carbons (Fsp3) is 0.606. The molecule has 1 N–H and O–H groups in total. The fourth-order valence-electron chi connectivity index (χ4n) is 6.17. The molecule has 1 heterocycles. The second kappa shape index (κ2) is 14.0. The van der Waals surface area contributed by atoms with Crippen LogP contribution >= 0.6 is 0 Å². The minimum atomic E-state index is 0.345. The summed E-state index contributed by atoms with van der Waals surface area (Å²) < 4.78 is 0. The predicted octanol–water partition coefficient (Wildman–Crippen LogP) is 7.90. The van der Waals surface area contributed by atoms with Gasteiger partial charge in [0.25, 0.3) is 0 Å². The van der Waals surface area contributed by atoms with Gasteiger partial charge in [-0.3, -0.25) is 4.99 Å². The van der Waals surface area contributed by atoms with Crippen LogP contribution in [0.4, 0.5) is 11.4 Å². The van der Waals surface area contributed by atoms with E-state index in [-0.39, 0.29) is 0 Å². The normalized spacial score (nSPS) is 19.6. The first-order valence-electron chi connectivity index (χ1n) is 14.6. The molecule has 1 fully saturated rings. The zero-order chi connectivity index (χ0) is 26.9. The van der Waals surface area contributed by atoms with Crippen LogP contribution in [0, 0.1) is 17.8 Å². The van der Waals surface area contributed by atoms with Crippen LogP contribution in [0.25, 0.3) is 0 Å². The zero-order valence-electron chi connectivity index (χ0n) is 24.4. The van der Waals surface area contributed by atoms with Crippen LogP contribution in [0.15, 0.2) is 59.3 Å². The van der Waals surface area contributed by atoms with Gasteiger partial charge >= 0.3 is 0 Å². The van der Waals surface area contributed by atoms with Crippen molar-refractivity contribution in [2.75, 3.05) is 31.6 Å². The highest BCUT2D eigenvalue weighted by atomic mass is 15.2. The lowest BCUT2D eigenvalue weighted by molar-refractivity contribution is 0.333. The molecular formula is C33H52N4. The van der Waals surface area contributed by atoms with Crippen molar-refractivity contribution in [3.63, 3.8) is 0 Å². The molecule has 1 aromatic rings. The molecule has 204 valence electrons. The fourth-order valence-corrected chi connectivity index (χ4v) is 6.17. The third-order valence-electron chi connectivity index (χ3n) is 8.24. The summed E-state index contributed by atoms with van der Waals surface area (Å²) in [6, 6.07) is 7.14. The molecule has 0 bridgehead atoms. The summed E-state index contributed by atoms with van der Waals surface area (Å²) in [5.41, 5.74) is 7.21. The number of hydrogen-bond donors (Lipinski definition) is 1. The van der Waals surface area contributed by atoms with Gasteiger partial charge in [-0.1, -0.05) is 70.9 Å². The SMILES string of the molecule is C=Nc1cc(CNC(CC)C(=C)CC(C)C)ccc1N(CC1C=C(C)C(=C)N(C)C1)CC1CCCCC1. The van der Waals surface area contributed by atoms with E-state index in [2.05, 4.69) is 99.0 Å². The predicted molar refractivity (Wildman–Crippen MR) is 163 cm³/mol. The first-order chi connectivity index (χ1) is 17.7. The summed E-state index contributed by atoms with van der Waals surface area (Å²) in [6.45, 7) is 25.5. The summed E-state index contributed by atoms with van der Waals surface area (Å²) in [7, 11) is 2.16. The minimum Gasteiger partial charge on any atom is -0.374 e. The van der Waals surface area contributed by atoms with Gasteiger partial charge in [-0.2, -0.15) is 0 Å². The topological polar surface area (TPSA) is 30.9 Å². The van der Waals surface area contributed by atoms with Crippen molar-refractivity contribution in [1.29, 1.82) is 0 Å². The molecular weight excluding hydrogens is 452 g/mol. The van der Waals surface area contributed by atoms with E-state index in [0.717, 1.165) is 56.3 Å². The number of allylic oxidation sites excluding steroid dienone is 1. The molecule has 0 aromatic heterocycles. The number of likely N-dealkylation sites (N-methyl/N-ethyl adjacent to an activating group) is 1. The molecule has 1 aliphatic carbocycles. The number of aliphatic imine (C=N–C) groups is 1. The van der Waals surface area contributed by atoms with E-state index in [1.54, 1.807) is 0 Å². The minimum absolute atomic E-state index is 0.345. The molecule has 0 saturated heterocycles. The molecule has 1 saturated carbocycles. The molecule has 3 rings (SSSR count). The third kappa shape index (κ3) is 8.33. The number of nitrogens with one attached hydrogen (secondary N) is 1. The highest BCUT2D eigenvalue weighted by Crippen LogP contribution is 2.34. The van der Waals surface area contributed by atoms with Crippen LogP contribution in [0.1, 0.15) is 78.2 Å². The maximum atomic E-state index is 4.53. The van der Waals surface area contributed by atoms with Gasteiger partial charge in [-0.15, -0.1) is 0 Å². The van der Waals surface area contributed by atoms with Crippen LogP contribution in [0.3, 0.4) is 0 Å². The zero-order valence-corrected chi connectivity index (χ0v) is 24.4. The highest BCUT2D eigenvalue weighted by Gasteiger charge is 2.25. The van der Waals surface area contributed by atoms with Crippen molar-refractivity contribution in [3.8, 4) is 0 Å². The molecule has 2 atom stereocenters. The Kier molecular flexibility index (Phi) is 11.1. The van der Waals surface area contributed by atoms with Crippen LogP contribution in [-0.2, 0) is 6.54 Å². The van der Waals surface area contributed by atoms with E-state index >= 15 is 0 Å². The average molecular weight is 505 g/mol. The van der Waals surface area contributed by atoms with E-state index in [1.165, 1.54) is 54.5 Å². The van der Waals surface area contributed by atoms with Crippen molar-refractivity contribution in [3.05, 3.63) is 59.8 Å². The van der Waals surface area contributed by atoms with Crippen molar-refractivity contribution in [1.82, 2.24) is 10.2 Å². The lowest BCUT2D eigenvalue weighted by Crippen LogP contribution is -2.39. The van der Waals surface area contributed by atoms with E-state index in [0.29, 0.717) is 17.9 Å². The smallest absolute Gasteiger partial charge is 0.0859 e. The van der Waals surface area contributed by atoms with Crippen LogP contribution in [0.5, 0.6) is 0 Å².